The fraction of sp³-hybridized carbons (Fsp3) is 0.400. The topological polar surface area (TPSA) is 23.8 Å². The highest BCUT2D eigenvalue weighted by molar-refractivity contribution is 8.23. The van der Waals surface area contributed by atoms with Gasteiger partial charge in [-0.1, -0.05) is 41.5 Å². The Balaban J connectivity index is 2.10. The Morgan fingerprint density at radius 2 is 1.95 bits per heavy atom. The molecule has 98 valence electrons. The van der Waals surface area contributed by atoms with Crippen molar-refractivity contribution < 1.29 is 0 Å². The van der Waals surface area contributed by atoms with Crippen LogP contribution in [0.4, 0.5) is 0 Å². The largest absolute Gasteiger partial charge is 0.196 e. The van der Waals surface area contributed by atoms with Crippen LogP contribution in [-0.4, -0.2) is 21.0 Å². The first-order valence-electron chi connectivity index (χ1n) is 6.29. The first-order chi connectivity index (χ1) is 9.14. The van der Waals surface area contributed by atoms with Crippen LogP contribution >= 0.6 is 31.4 Å². The zero-order valence-electron chi connectivity index (χ0n) is 11.3. The van der Waals surface area contributed by atoms with Crippen molar-refractivity contribution in [2.45, 2.75) is 28.6 Å². The van der Waals surface area contributed by atoms with Crippen LogP contribution in [-0.2, 0) is 0 Å². The van der Waals surface area contributed by atoms with Crippen LogP contribution in [0.15, 0.2) is 41.5 Å². The summed E-state index contributed by atoms with van der Waals surface area (Å²) in [5.74, 6) is 0. The van der Waals surface area contributed by atoms with Gasteiger partial charge in [0.15, 0.2) is 4.08 Å². The van der Waals surface area contributed by atoms with Gasteiger partial charge in [-0.05, 0) is 33.3 Å². The molecule has 1 fully saturated rings. The molecule has 0 amide bonds. The van der Waals surface area contributed by atoms with Crippen molar-refractivity contribution in [3.05, 3.63) is 41.5 Å². The summed E-state index contributed by atoms with van der Waals surface area (Å²) >= 11 is 3.63. The third-order valence-electron chi connectivity index (χ3n) is 4.09. The molecule has 0 N–H and O–H groups in total. The fourth-order valence-corrected chi connectivity index (χ4v) is 11.3. The summed E-state index contributed by atoms with van der Waals surface area (Å²) in [5.41, 5.74) is 3.40. The molecule has 1 aromatic rings. The Morgan fingerprint density at radius 1 is 1.26 bits per heavy atom. The molecule has 0 saturated carbocycles. The van der Waals surface area contributed by atoms with Crippen LogP contribution in [0.2, 0.25) is 0 Å². The van der Waals surface area contributed by atoms with E-state index in [1.807, 2.05) is 11.8 Å². The highest BCUT2D eigenvalue weighted by Gasteiger charge is 2.60. The summed E-state index contributed by atoms with van der Waals surface area (Å²) in [6.07, 6.45) is 2.08. The fourth-order valence-electron chi connectivity index (χ4n) is 2.98. The van der Waals surface area contributed by atoms with Gasteiger partial charge in [-0.15, -0.1) is 23.5 Å². The van der Waals surface area contributed by atoms with E-state index in [0.29, 0.717) is 10.7 Å². The van der Waals surface area contributed by atoms with E-state index in [0.717, 1.165) is 0 Å². The Kier molecular flexibility index (Phi) is 3.46. The van der Waals surface area contributed by atoms with Gasteiger partial charge < -0.3 is 0 Å². The first-order valence-corrected chi connectivity index (χ1v) is 9.88. The molecule has 4 heteroatoms. The maximum atomic E-state index is 9.70. The van der Waals surface area contributed by atoms with Crippen molar-refractivity contribution in [1.82, 2.24) is 0 Å². The lowest BCUT2D eigenvalue weighted by Crippen LogP contribution is -2.31. The van der Waals surface area contributed by atoms with Crippen molar-refractivity contribution in [2.24, 2.45) is 0 Å². The van der Waals surface area contributed by atoms with Crippen LogP contribution in [0, 0.1) is 11.3 Å². The quantitative estimate of drug-likeness (QED) is 0.605. The average molecular weight is 305 g/mol. The smallest absolute Gasteiger partial charge is 0.159 e. The minimum Gasteiger partial charge on any atom is -0.196 e. The number of benzene rings is 1. The Morgan fingerprint density at radius 3 is 2.53 bits per heavy atom. The Labute approximate surface area is 124 Å². The molecule has 0 spiro atoms. The first kappa shape index (κ1) is 13.6. The van der Waals surface area contributed by atoms with E-state index in [-0.39, 0.29) is 12.0 Å². The van der Waals surface area contributed by atoms with E-state index >= 15 is 0 Å². The molecule has 3 rings (SSSR count). The van der Waals surface area contributed by atoms with E-state index in [4.69, 9.17) is 0 Å². The highest BCUT2D eigenvalue weighted by atomic mass is 32.2. The number of thioether (sulfide) groups is 2. The Bertz CT molecular complexity index is 578. The second-order valence-electron chi connectivity index (χ2n) is 4.97. The van der Waals surface area contributed by atoms with E-state index in [9.17, 15) is 5.26 Å². The molecule has 1 saturated heterocycles. The molecule has 4 atom stereocenters. The van der Waals surface area contributed by atoms with Crippen LogP contribution in [0.3, 0.4) is 0 Å². The van der Waals surface area contributed by atoms with Crippen LogP contribution < -0.4 is 5.30 Å². The molecule has 2 aliphatic rings. The van der Waals surface area contributed by atoms with Gasteiger partial charge in [0, 0.05) is 5.66 Å². The molecular weight excluding hydrogens is 289 g/mol. The summed E-state index contributed by atoms with van der Waals surface area (Å²) in [6, 6.07) is 13.4. The van der Waals surface area contributed by atoms with Crippen molar-refractivity contribution in [3.63, 3.8) is 0 Å². The predicted molar refractivity (Wildman–Crippen MR) is 88.4 cm³/mol. The van der Waals surface area contributed by atoms with Gasteiger partial charge in [-0.2, -0.15) is 5.26 Å². The molecule has 0 aromatic heterocycles. The van der Waals surface area contributed by atoms with Crippen molar-refractivity contribution in [2.75, 3.05) is 6.26 Å². The van der Waals surface area contributed by atoms with Gasteiger partial charge in [0.1, 0.15) is 0 Å². The van der Waals surface area contributed by atoms with Crippen LogP contribution in [0.25, 0.3) is 0 Å². The summed E-state index contributed by atoms with van der Waals surface area (Å²) in [7, 11) is -0.284. The van der Waals surface area contributed by atoms with Crippen molar-refractivity contribution in [1.29, 1.82) is 5.26 Å². The maximum Gasteiger partial charge on any atom is 0.159 e. The second-order valence-corrected chi connectivity index (χ2v) is 10.3. The SMILES string of the molecule is CS[C@@]1(C#N)S[C@@H]2C(C)=C(C)[C@H]1[P@]2c1ccccc1. The lowest BCUT2D eigenvalue weighted by Gasteiger charge is -2.30. The van der Waals surface area contributed by atoms with E-state index in [2.05, 4.69) is 56.5 Å². The van der Waals surface area contributed by atoms with E-state index in [1.165, 1.54) is 16.5 Å². The minimum absolute atomic E-state index is 0.268. The molecule has 19 heavy (non-hydrogen) atoms. The van der Waals surface area contributed by atoms with Gasteiger partial charge in [0.2, 0.25) is 0 Å². The number of nitrogens with zero attached hydrogens (tertiary/aromatic N) is 1. The molecule has 1 aromatic carbocycles. The van der Waals surface area contributed by atoms with E-state index in [1.54, 1.807) is 11.8 Å². The summed E-state index contributed by atoms with van der Waals surface area (Å²) in [5, 5.41) is 11.2. The van der Waals surface area contributed by atoms with Gasteiger partial charge in [0.25, 0.3) is 0 Å². The highest BCUT2D eigenvalue weighted by Crippen LogP contribution is 2.75. The standard InChI is InChI=1S/C15H16NPS2/c1-10-11(2)14-17(12-7-5-4-6-8-12)13(10)15(9-16,18-3)19-14/h4-8,13-14H,1-3H3/t13-,14-,15+,17+/m1/s1. The van der Waals surface area contributed by atoms with E-state index < -0.39 is 0 Å². The number of fused-ring (bicyclic) bond motifs is 2. The Hall–Kier alpha value is -0.420. The lowest BCUT2D eigenvalue weighted by atomic mass is 10.1. The minimum atomic E-state index is -0.284. The van der Waals surface area contributed by atoms with Crippen LogP contribution in [0.5, 0.6) is 0 Å². The summed E-state index contributed by atoms with van der Waals surface area (Å²) in [4.78, 5) is 0.537. The van der Waals surface area contributed by atoms with Crippen molar-refractivity contribution >= 4 is 36.7 Å². The monoisotopic (exact) mass is 305 g/mol. The molecule has 0 radical (unpaired) electrons. The molecule has 2 heterocycles. The predicted octanol–water partition coefficient (Wildman–Crippen LogP) is 4.17. The molecular formula is C15H16NPS2. The maximum absolute atomic E-state index is 9.70. The summed E-state index contributed by atoms with van der Waals surface area (Å²) < 4.78 is -0.268. The number of rotatable bonds is 2. The number of nitriles is 1. The zero-order valence-corrected chi connectivity index (χ0v) is 13.8. The normalized spacial score (nSPS) is 36.6. The molecule has 0 unspecified atom stereocenters. The van der Waals surface area contributed by atoms with Gasteiger partial charge >= 0.3 is 0 Å². The molecule has 2 aliphatic heterocycles. The number of allylic oxidation sites excluding steroid dienone is 1. The summed E-state index contributed by atoms with van der Waals surface area (Å²) in [6.45, 7) is 4.49. The third kappa shape index (κ3) is 1.81. The third-order valence-corrected chi connectivity index (χ3v) is 11.5. The van der Waals surface area contributed by atoms with Crippen molar-refractivity contribution in [3.8, 4) is 6.07 Å². The zero-order chi connectivity index (χ0) is 13.6. The number of hydrogen-bond donors (Lipinski definition) is 0. The second kappa shape index (κ2) is 4.85. The van der Waals surface area contributed by atoms with Gasteiger partial charge in [-0.25, -0.2) is 0 Å². The molecule has 2 bridgehead atoms. The molecule has 0 aliphatic carbocycles. The van der Waals surface area contributed by atoms with Gasteiger partial charge in [-0.3, -0.25) is 0 Å². The average Bonchev–Trinajstić information content (AvgIpc) is 2.92. The number of hydrogen-bond acceptors (Lipinski definition) is 3. The van der Waals surface area contributed by atoms with Gasteiger partial charge in [0.05, 0.1) is 11.1 Å². The lowest BCUT2D eigenvalue weighted by molar-refractivity contribution is 0.958. The van der Waals surface area contributed by atoms with Crippen LogP contribution in [0.1, 0.15) is 13.8 Å². The molecule has 1 nitrogen and oxygen atoms in total.